The number of alkyl halides is 3. The molecule has 2 aliphatic heterocycles. The lowest BCUT2D eigenvalue weighted by atomic mass is 10.0. The summed E-state index contributed by atoms with van der Waals surface area (Å²) >= 11 is 5.63. The third-order valence-corrected chi connectivity index (χ3v) is 7.71. The Labute approximate surface area is 171 Å². The number of halogens is 4. The molecule has 0 spiro atoms. The fourth-order valence-corrected chi connectivity index (χ4v) is 6.33. The van der Waals surface area contributed by atoms with E-state index in [4.69, 9.17) is 16.3 Å². The van der Waals surface area contributed by atoms with Crippen LogP contribution in [0.1, 0.15) is 31.2 Å². The molecule has 0 amide bonds. The number of rotatable bonds is 4. The standard InChI is InChI=1S/C19H18ClF3N2O3S/c20-18-6-5-16(10-17(18)19(21,22)23)29(26,27)25-12-3-4-13(25)9-15(8-12)28-14-2-1-7-24-11-14/h1-2,5-7,10-13,15H,3-4,8-9H2. The monoisotopic (exact) mass is 446 g/mol. The Hall–Kier alpha value is -1.84. The zero-order valence-corrected chi connectivity index (χ0v) is 16.7. The predicted molar refractivity (Wildman–Crippen MR) is 100 cm³/mol. The van der Waals surface area contributed by atoms with E-state index in [0.717, 1.165) is 12.1 Å². The van der Waals surface area contributed by atoms with Crippen molar-refractivity contribution in [1.29, 1.82) is 0 Å². The minimum absolute atomic E-state index is 0.167. The van der Waals surface area contributed by atoms with Gasteiger partial charge in [-0.2, -0.15) is 17.5 Å². The Bertz CT molecular complexity index is 988. The highest BCUT2D eigenvalue weighted by Crippen LogP contribution is 2.42. The molecular weight excluding hydrogens is 429 g/mol. The molecule has 0 saturated carbocycles. The molecule has 2 bridgehead atoms. The normalized spacial score (nSPS) is 25.2. The van der Waals surface area contributed by atoms with E-state index >= 15 is 0 Å². The van der Waals surface area contributed by atoms with Gasteiger partial charge in [0, 0.05) is 31.1 Å². The van der Waals surface area contributed by atoms with Gasteiger partial charge in [-0.3, -0.25) is 4.98 Å². The molecule has 5 nitrogen and oxygen atoms in total. The molecule has 0 aliphatic carbocycles. The average Bonchev–Trinajstić information content (AvgIpc) is 2.94. The minimum Gasteiger partial charge on any atom is -0.489 e. The summed E-state index contributed by atoms with van der Waals surface area (Å²) < 4.78 is 73.1. The van der Waals surface area contributed by atoms with E-state index in [-0.39, 0.29) is 18.2 Å². The summed E-state index contributed by atoms with van der Waals surface area (Å²) in [5.74, 6) is 0.612. The fourth-order valence-electron chi connectivity index (χ4n) is 4.19. The maximum atomic E-state index is 13.2. The largest absolute Gasteiger partial charge is 0.489 e. The lowest BCUT2D eigenvalue weighted by Gasteiger charge is -2.37. The van der Waals surface area contributed by atoms with E-state index in [1.807, 2.05) is 0 Å². The van der Waals surface area contributed by atoms with Crippen molar-refractivity contribution >= 4 is 21.6 Å². The number of pyridine rings is 1. The van der Waals surface area contributed by atoms with Crippen molar-refractivity contribution in [2.24, 2.45) is 0 Å². The molecule has 156 valence electrons. The van der Waals surface area contributed by atoms with E-state index in [1.54, 1.807) is 24.5 Å². The van der Waals surface area contributed by atoms with Gasteiger partial charge in [0.1, 0.15) is 11.9 Å². The van der Waals surface area contributed by atoms with Gasteiger partial charge in [0.2, 0.25) is 10.0 Å². The first-order valence-corrected chi connectivity index (χ1v) is 10.9. The highest BCUT2D eigenvalue weighted by molar-refractivity contribution is 7.89. The van der Waals surface area contributed by atoms with Gasteiger partial charge in [-0.1, -0.05) is 11.6 Å². The van der Waals surface area contributed by atoms with Crippen LogP contribution in [0.15, 0.2) is 47.6 Å². The first kappa shape index (κ1) is 20.4. The molecule has 2 aromatic rings. The highest BCUT2D eigenvalue weighted by atomic mass is 35.5. The first-order valence-electron chi connectivity index (χ1n) is 9.13. The van der Waals surface area contributed by atoms with E-state index in [0.29, 0.717) is 37.5 Å². The van der Waals surface area contributed by atoms with E-state index < -0.39 is 31.7 Å². The molecule has 2 unspecified atom stereocenters. The molecule has 10 heteroatoms. The molecular formula is C19H18ClF3N2O3S. The Morgan fingerprint density at radius 1 is 1.14 bits per heavy atom. The van der Waals surface area contributed by atoms with Gasteiger partial charge in [0.25, 0.3) is 0 Å². The van der Waals surface area contributed by atoms with Crippen LogP contribution in [0.2, 0.25) is 5.02 Å². The number of benzene rings is 1. The number of hydrogen-bond acceptors (Lipinski definition) is 4. The maximum absolute atomic E-state index is 13.2. The van der Waals surface area contributed by atoms with Crippen LogP contribution in [0.5, 0.6) is 5.75 Å². The minimum atomic E-state index is -4.73. The number of aromatic nitrogens is 1. The summed E-state index contributed by atoms with van der Waals surface area (Å²) in [6.45, 7) is 0. The van der Waals surface area contributed by atoms with E-state index in [1.165, 1.54) is 4.31 Å². The van der Waals surface area contributed by atoms with Gasteiger partial charge in [-0.15, -0.1) is 0 Å². The van der Waals surface area contributed by atoms with Gasteiger partial charge < -0.3 is 4.74 Å². The summed E-state index contributed by atoms with van der Waals surface area (Å²) in [6, 6.07) is 5.64. The van der Waals surface area contributed by atoms with Crippen LogP contribution in [0.25, 0.3) is 0 Å². The zero-order valence-electron chi connectivity index (χ0n) is 15.1. The van der Waals surface area contributed by atoms with Gasteiger partial charge in [-0.05, 0) is 43.2 Å². The van der Waals surface area contributed by atoms with Crippen LogP contribution in [0, 0.1) is 0 Å². The number of hydrogen-bond donors (Lipinski definition) is 0. The molecule has 1 aromatic heterocycles. The third kappa shape index (κ3) is 3.95. The highest BCUT2D eigenvalue weighted by Gasteiger charge is 2.48. The molecule has 2 fully saturated rings. The SMILES string of the molecule is O=S(=O)(c1ccc(Cl)c(C(F)(F)F)c1)N1C2CCC1CC(Oc1cccnc1)C2. The molecule has 0 radical (unpaired) electrons. The molecule has 2 aliphatic rings. The number of piperidine rings is 1. The molecule has 1 aromatic carbocycles. The van der Waals surface area contributed by atoms with Gasteiger partial charge in [0.15, 0.2) is 0 Å². The lowest BCUT2D eigenvalue weighted by molar-refractivity contribution is -0.137. The van der Waals surface area contributed by atoms with E-state index in [2.05, 4.69) is 4.98 Å². The van der Waals surface area contributed by atoms with Crippen LogP contribution in [-0.2, 0) is 16.2 Å². The predicted octanol–water partition coefficient (Wildman–Crippen LogP) is 4.52. The molecule has 0 N–H and O–H groups in total. The number of sulfonamides is 1. The quantitative estimate of drug-likeness (QED) is 0.693. The number of nitrogens with zero attached hydrogens (tertiary/aromatic N) is 2. The van der Waals surface area contributed by atoms with Crippen molar-refractivity contribution in [3.63, 3.8) is 0 Å². The Morgan fingerprint density at radius 2 is 1.83 bits per heavy atom. The summed E-state index contributed by atoms with van der Waals surface area (Å²) in [5.41, 5.74) is -1.15. The molecule has 2 saturated heterocycles. The van der Waals surface area contributed by atoms with Crippen molar-refractivity contribution in [2.45, 2.75) is 54.9 Å². The maximum Gasteiger partial charge on any atom is 0.417 e. The first-order chi connectivity index (χ1) is 13.7. The van der Waals surface area contributed by atoms with Crippen LogP contribution < -0.4 is 4.74 Å². The zero-order chi connectivity index (χ0) is 20.8. The summed E-state index contributed by atoms with van der Waals surface area (Å²) in [5, 5.41) is -0.525. The van der Waals surface area contributed by atoms with Crippen molar-refractivity contribution in [2.75, 3.05) is 0 Å². The van der Waals surface area contributed by atoms with Crippen LogP contribution in [-0.4, -0.2) is 35.9 Å². The molecule has 2 atom stereocenters. The van der Waals surface area contributed by atoms with Crippen molar-refractivity contribution in [3.8, 4) is 5.75 Å². The van der Waals surface area contributed by atoms with Gasteiger partial charge in [0.05, 0.1) is 21.7 Å². The topological polar surface area (TPSA) is 59.5 Å². The van der Waals surface area contributed by atoms with Crippen LogP contribution in [0.4, 0.5) is 13.2 Å². The second-order valence-electron chi connectivity index (χ2n) is 7.26. The van der Waals surface area contributed by atoms with Crippen LogP contribution in [0.3, 0.4) is 0 Å². The second-order valence-corrected chi connectivity index (χ2v) is 9.51. The van der Waals surface area contributed by atoms with Crippen molar-refractivity contribution in [1.82, 2.24) is 9.29 Å². The molecule has 29 heavy (non-hydrogen) atoms. The Balaban J connectivity index is 1.58. The van der Waals surface area contributed by atoms with Gasteiger partial charge >= 0.3 is 6.18 Å². The van der Waals surface area contributed by atoms with Crippen LogP contribution >= 0.6 is 11.6 Å². The second kappa shape index (κ2) is 7.45. The smallest absolute Gasteiger partial charge is 0.417 e. The Morgan fingerprint density at radius 3 is 2.41 bits per heavy atom. The number of ether oxygens (including phenoxy) is 1. The van der Waals surface area contributed by atoms with Crippen molar-refractivity contribution < 1.29 is 26.3 Å². The molecule has 4 rings (SSSR count). The Kier molecular flexibility index (Phi) is 5.25. The van der Waals surface area contributed by atoms with Crippen molar-refractivity contribution in [3.05, 3.63) is 53.3 Å². The molecule has 3 heterocycles. The summed E-state index contributed by atoms with van der Waals surface area (Å²) in [4.78, 5) is 3.61. The fraction of sp³-hybridized carbons (Fsp3) is 0.421. The lowest BCUT2D eigenvalue weighted by Crippen LogP contribution is -2.49. The van der Waals surface area contributed by atoms with Gasteiger partial charge in [-0.25, -0.2) is 8.42 Å². The third-order valence-electron chi connectivity index (χ3n) is 5.38. The average molecular weight is 447 g/mol. The summed E-state index contributed by atoms with van der Waals surface area (Å²) in [7, 11) is -4.09. The summed E-state index contributed by atoms with van der Waals surface area (Å²) in [6.07, 6.45) is 0.581. The number of fused-ring (bicyclic) bond motifs is 2. The van der Waals surface area contributed by atoms with E-state index in [9.17, 15) is 21.6 Å².